The number of likely N-dealkylation sites (N-methyl/N-ethyl adjacent to an activating group) is 1. The van der Waals surface area contributed by atoms with Gasteiger partial charge in [0.05, 0.1) is 0 Å². The minimum absolute atomic E-state index is 0.107. The SMILES string of the molecule is CC.CN1CCC2=C(C=CC(C)(C)C=N2)C1. The van der Waals surface area contributed by atoms with Crippen LogP contribution in [-0.4, -0.2) is 31.3 Å². The molecule has 16 heavy (non-hydrogen) atoms. The van der Waals surface area contributed by atoms with Crippen molar-refractivity contribution in [2.24, 2.45) is 10.4 Å². The highest BCUT2D eigenvalue weighted by Crippen LogP contribution is 2.26. The third kappa shape index (κ3) is 3.31. The molecule has 0 fully saturated rings. The van der Waals surface area contributed by atoms with Crippen LogP contribution in [0.1, 0.15) is 34.1 Å². The van der Waals surface area contributed by atoms with Crippen LogP contribution in [0.4, 0.5) is 0 Å². The molecule has 2 heteroatoms. The summed E-state index contributed by atoms with van der Waals surface area (Å²) in [6.07, 6.45) is 7.65. The van der Waals surface area contributed by atoms with Crippen molar-refractivity contribution >= 4 is 6.21 Å². The predicted octanol–water partition coefficient (Wildman–Crippen LogP) is 3.27. The molecule has 2 heterocycles. The van der Waals surface area contributed by atoms with Crippen LogP contribution in [0.25, 0.3) is 0 Å². The zero-order valence-corrected chi connectivity index (χ0v) is 11.2. The van der Waals surface area contributed by atoms with Crippen LogP contribution in [-0.2, 0) is 0 Å². The van der Waals surface area contributed by atoms with Crippen LogP contribution in [0, 0.1) is 5.41 Å². The minimum atomic E-state index is 0.107. The van der Waals surface area contributed by atoms with E-state index in [0.29, 0.717) is 0 Å². The largest absolute Gasteiger partial charge is 0.302 e. The Balaban J connectivity index is 0.000000606. The van der Waals surface area contributed by atoms with Gasteiger partial charge in [-0.25, -0.2) is 0 Å². The zero-order valence-electron chi connectivity index (χ0n) is 11.2. The van der Waals surface area contributed by atoms with Crippen molar-refractivity contribution in [3.8, 4) is 0 Å². The maximum absolute atomic E-state index is 4.60. The van der Waals surface area contributed by atoms with Gasteiger partial charge in [-0.15, -0.1) is 0 Å². The molecule has 0 saturated carbocycles. The highest BCUT2D eigenvalue weighted by atomic mass is 15.1. The van der Waals surface area contributed by atoms with Gasteiger partial charge in [-0.1, -0.05) is 39.8 Å². The molecule has 0 atom stereocenters. The van der Waals surface area contributed by atoms with Gasteiger partial charge in [0.1, 0.15) is 0 Å². The normalized spacial score (nSPS) is 23.3. The molecule has 2 aliphatic rings. The lowest BCUT2D eigenvalue weighted by atomic mass is 9.94. The Kier molecular flexibility index (Phi) is 4.48. The summed E-state index contributed by atoms with van der Waals surface area (Å²) in [5.41, 5.74) is 2.78. The van der Waals surface area contributed by atoms with Gasteiger partial charge in [0.2, 0.25) is 0 Å². The molecule has 2 nitrogen and oxygen atoms in total. The predicted molar refractivity (Wildman–Crippen MR) is 71.9 cm³/mol. The van der Waals surface area contributed by atoms with Crippen molar-refractivity contribution < 1.29 is 0 Å². The summed E-state index contributed by atoms with van der Waals surface area (Å²) in [4.78, 5) is 6.94. The molecule has 2 rings (SSSR count). The van der Waals surface area contributed by atoms with Crippen molar-refractivity contribution in [1.29, 1.82) is 0 Å². The van der Waals surface area contributed by atoms with E-state index in [9.17, 15) is 0 Å². The first-order valence-corrected chi connectivity index (χ1v) is 6.22. The zero-order chi connectivity index (χ0) is 12.2. The van der Waals surface area contributed by atoms with Crippen LogP contribution in [0.2, 0.25) is 0 Å². The molecule has 2 aliphatic heterocycles. The summed E-state index contributed by atoms with van der Waals surface area (Å²) in [6.45, 7) is 10.5. The molecule has 0 amide bonds. The van der Waals surface area contributed by atoms with Gasteiger partial charge in [0, 0.05) is 36.8 Å². The van der Waals surface area contributed by atoms with Gasteiger partial charge in [-0.3, -0.25) is 4.99 Å². The topological polar surface area (TPSA) is 15.6 Å². The fraction of sp³-hybridized carbons (Fsp3) is 0.643. The summed E-state index contributed by atoms with van der Waals surface area (Å²) in [5.74, 6) is 0. The van der Waals surface area contributed by atoms with Crippen LogP contribution in [0.15, 0.2) is 28.4 Å². The Morgan fingerprint density at radius 3 is 2.69 bits per heavy atom. The number of hydrogen-bond donors (Lipinski definition) is 0. The van der Waals surface area contributed by atoms with E-state index in [1.807, 2.05) is 13.8 Å². The van der Waals surface area contributed by atoms with E-state index in [-0.39, 0.29) is 5.41 Å². The van der Waals surface area contributed by atoms with Crippen molar-refractivity contribution in [2.45, 2.75) is 34.1 Å². The van der Waals surface area contributed by atoms with Crippen LogP contribution in [0.3, 0.4) is 0 Å². The number of aliphatic imine (C=N–C) groups is 1. The lowest BCUT2D eigenvalue weighted by Gasteiger charge is -2.23. The molecule has 0 saturated heterocycles. The van der Waals surface area contributed by atoms with E-state index in [2.05, 4.69) is 49.2 Å². The molecule has 0 aliphatic carbocycles. The fourth-order valence-electron chi connectivity index (χ4n) is 1.82. The average molecular weight is 220 g/mol. The van der Waals surface area contributed by atoms with Gasteiger partial charge >= 0.3 is 0 Å². The Hall–Kier alpha value is -0.890. The van der Waals surface area contributed by atoms with Crippen LogP contribution >= 0.6 is 0 Å². The molecule has 0 N–H and O–H groups in total. The van der Waals surface area contributed by atoms with Gasteiger partial charge in [0.25, 0.3) is 0 Å². The second-order valence-electron chi connectivity index (χ2n) is 4.87. The lowest BCUT2D eigenvalue weighted by Crippen LogP contribution is -2.26. The fourth-order valence-corrected chi connectivity index (χ4v) is 1.82. The molecular formula is C14H24N2. The van der Waals surface area contributed by atoms with Gasteiger partial charge in [0.15, 0.2) is 0 Å². The third-order valence-electron chi connectivity index (χ3n) is 2.81. The molecule has 0 spiro atoms. The van der Waals surface area contributed by atoms with Crippen molar-refractivity contribution in [2.75, 3.05) is 20.1 Å². The van der Waals surface area contributed by atoms with E-state index in [0.717, 1.165) is 19.5 Å². The lowest BCUT2D eigenvalue weighted by molar-refractivity contribution is 0.351. The Morgan fingerprint density at radius 1 is 1.31 bits per heavy atom. The monoisotopic (exact) mass is 220 g/mol. The van der Waals surface area contributed by atoms with Crippen LogP contribution < -0.4 is 0 Å². The molecule has 0 unspecified atom stereocenters. The Bertz CT molecular complexity index is 322. The quantitative estimate of drug-likeness (QED) is 0.612. The van der Waals surface area contributed by atoms with Gasteiger partial charge < -0.3 is 4.90 Å². The standard InChI is InChI=1S/C12H18N2.C2H6/c1-12(2)6-4-10-8-14(3)7-5-11(10)13-9-12;1-2/h4,6,9H,5,7-8H2,1-3H3;1-2H3. The first-order valence-electron chi connectivity index (χ1n) is 6.22. The summed E-state index contributed by atoms with van der Waals surface area (Å²) in [6, 6.07) is 0. The van der Waals surface area contributed by atoms with Crippen molar-refractivity contribution in [1.82, 2.24) is 4.90 Å². The van der Waals surface area contributed by atoms with Crippen LogP contribution in [0.5, 0.6) is 0 Å². The van der Waals surface area contributed by atoms with E-state index in [1.165, 1.54) is 11.3 Å². The highest BCUT2D eigenvalue weighted by molar-refractivity contribution is 5.70. The number of hydrogen-bond acceptors (Lipinski definition) is 2. The summed E-state index contributed by atoms with van der Waals surface area (Å²) in [7, 11) is 2.16. The Labute approximate surface area is 99.8 Å². The van der Waals surface area contributed by atoms with Crippen molar-refractivity contribution in [3.05, 3.63) is 23.4 Å². The molecule has 0 radical (unpaired) electrons. The number of rotatable bonds is 0. The molecule has 0 bridgehead atoms. The molecule has 0 aromatic rings. The van der Waals surface area contributed by atoms with Gasteiger partial charge in [-0.05, 0) is 12.6 Å². The second kappa shape index (κ2) is 5.44. The molecule has 90 valence electrons. The molecule has 0 aromatic heterocycles. The van der Waals surface area contributed by atoms with E-state index in [4.69, 9.17) is 0 Å². The average Bonchev–Trinajstić information content (AvgIpc) is 2.41. The number of allylic oxidation sites excluding steroid dienone is 1. The van der Waals surface area contributed by atoms with Crippen molar-refractivity contribution in [3.63, 3.8) is 0 Å². The first-order chi connectivity index (χ1) is 7.57. The van der Waals surface area contributed by atoms with E-state index >= 15 is 0 Å². The maximum atomic E-state index is 4.60. The summed E-state index contributed by atoms with van der Waals surface area (Å²) in [5, 5.41) is 0. The smallest absolute Gasteiger partial charge is 0.0457 e. The number of nitrogens with zero attached hydrogens (tertiary/aromatic N) is 2. The van der Waals surface area contributed by atoms with E-state index in [1.54, 1.807) is 0 Å². The summed E-state index contributed by atoms with van der Waals surface area (Å²) >= 11 is 0. The van der Waals surface area contributed by atoms with E-state index < -0.39 is 0 Å². The van der Waals surface area contributed by atoms with Gasteiger partial charge in [-0.2, -0.15) is 0 Å². The first kappa shape index (κ1) is 13.2. The Morgan fingerprint density at radius 2 is 2.00 bits per heavy atom. The minimum Gasteiger partial charge on any atom is -0.302 e. The maximum Gasteiger partial charge on any atom is 0.0457 e. The second-order valence-corrected chi connectivity index (χ2v) is 4.87. The molecule has 0 aromatic carbocycles. The highest BCUT2D eigenvalue weighted by Gasteiger charge is 2.19. The summed E-state index contributed by atoms with van der Waals surface area (Å²) < 4.78 is 0. The third-order valence-corrected chi connectivity index (χ3v) is 2.81. The molecular weight excluding hydrogens is 196 g/mol.